The Morgan fingerprint density at radius 3 is 2.84 bits per heavy atom. The van der Waals surface area contributed by atoms with E-state index in [4.69, 9.17) is 0 Å². The minimum atomic E-state index is -0.259. The SMILES string of the molecule is O=C(CSc1ncccn1)NCCn1nc(-n2cncn2)ccc1=O. The molecule has 25 heavy (non-hydrogen) atoms. The Labute approximate surface area is 146 Å². The summed E-state index contributed by atoms with van der Waals surface area (Å²) in [7, 11) is 0. The molecule has 0 aliphatic rings. The minimum Gasteiger partial charge on any atom is -0.354 e. The molecule has 0 aliphatic heterocycles. The van der Waals surface area contributed by atoms with Crippen molar-refractivity contribution in [3.8, 4) is 5.82 Å². The molecule has 1 N–H and O–H groups in total. The average Bonchev–Trinajstić information content (AvgIpc) is 3.17. The molecule has 0 saturated heterocycles. The van der Waals surface area contributed by atoms with Gasteiger partial charge in [0.05, 0.1) is 12.3 Å². The van der Waals surface area contributed by atoms with Crippen molar-refractivity contribution in [3.63, 3.8) is 0 Å². The zero-order valence-electron chi connectivity index (χ0n) is 13.0. The van der Waals surface area contributed by atoms with Crippen LogP contribution in [0.4, 0.5) is 0 Å². The second-order valence-corrected chi connectivity index (χ2v) is 5.71. The van der Waals surface area contributed by atoms with Gasteiger partial charge in [0.2, 0.25) is 5.91 Å². The standard InChI is InChI=1S/C14H14N8O2S/c23-12(8-25-14-17-4-1-5-18-14)16-6-7-21-13(24)3-2-11(20-21)22-10-15-9-19-22/h1-5,9-10H,6-8H2,(H,16,23). The molecule has 0 aliphatic carbocycles. The van der Waals surface area contributed by atoms with Gasteiger partial charge in [0.15, 0.2) is 11.0 Å². The zero-order valence-corrected chi connectivity index (χ0v) is 13.8. The molecule has 11 heteroatoms. The predicted molar refractivity (Wildman–Crippen MR) is 89.2 cm³/mol. The summed E-state index contributed by atoms with van der Waals surface area (Å²) in [5.74, 6) is 0.504. The molecule has 0 saturated carbocycles. The Morgan fingerprint density at radius 1 is 1.24 bits per heavy atom. The topological polar surface area (TPSA) is 120 Å². The first-order chi connectivity index (χ1) is 12.2. The minimum absolute atomic E-state index is 0.169. The maximum Gasteiger partial charge on any atom is 0.266 e. The first-order valence-corrected chi connectivity index (χ1v) is 8.30. The largest absolute Gasteiger partial charge is 0.354 e. The number of hydrogen-bond donors (Lipinski definition) is 1. The van der Waals surface area contributed by atoms with Gasteiger partial charge in [0.25, 0.3) is 5.56 Å². The van der Waals surface area contributed by atoms with Crippen LogP contribution in [0.25, 0.3) is 5.82 Å². The van der Waals surface area contributed by atoms with Crippen LogP contribution in [0.1, 0.15) is 0 Å². The van der Waals surface area contributed by atoms with Gasteiger partial charge in [-0.05, 0) is 12.1 Å². The van der Waals surface area contributed by atoms with Crippen molar-refractivity contribution in [2.45, 2.75) is 11.7 Å². The molecule has 3 aromatic rings. The van der Waals surface area contributed by atoms with Gasteiger partial charge in [-0.1, -0.05) is 11.8 Å². The molecule has 10 nitrogen and oxygen atoms in total. The van der Waals surface area contributed by atoms with Crippen LogP contribution in [0, 0.1) is 0 Å². The highest BCUT2D eigenvalue weighted by molar-refractivity contribution is 7.99. The molecule has 0 unspecified atom stereocenters. The molecule has 3 aromatic heterocycles. The predicted octanol–water partition coefficient (Wildman–Crippen LogP) is -0.478. The molecular formula is C14H14N8O2S. The van der Waals surface area contributed by atoms with E-state index in [1.54, 1.807) is 24.5 Å². The molecule has 3 heterocycles. The van der Waals surface area contributed by atoms with Gasteiger partial charge in [-0.3, -0.25) is 9.59 Å². The van der Waals surface area contributed by atoms with Crippen molar-refractivity contribution in [2.24, 2.45) is 0 Å². The third-order valence-corrected chi connectivity index (χ3v) is 3.90. The van der Waals surface area contributed by atoms with Gasteiger partial charge in [0, 0.05) is 25.0 Å². The molecule has 0 spiro atoms. The van der Waals surface area contributed by atoms with E-state index in [0.29, 0.717) is 11.0 Å². The highest BCUT2D eigenvalue weighted by Gasteiger charge is 2.06. The smallest absolute Gasteiger partial charge is 0.266 e. The molecule has 0 bridgehead atoms. The Morgan fingerprint density at radius 2 is 2.08 bits per heavy atom. The molecular weight excluding hydrogens is 344 g/mol. The lowest BCUT2D eigenvalue weighted by atomic mass is 10.5. The van der Waals surface area contributed by atoms with E-state index >= 15 is 0 Å². The fraction of sp³-hybridized carbons (Fsp3) is 0.214. The van der Waals surface area contributed by atoms with Crippen LogP contribution in [-0.4, -0.2) is 52.7 Å². The summed E-state index contributed by atoms with van der Waals surface area (Å²) in [5.41, 5.74) is -0.259. The Balaban J connectivity index is 1.51. The maximum absolute atomic E-state index is 11.8. The zero-order chi connectivity index (χ0) is 17.5. The van der Waals surface area contributed by atoms with Crippen LogP contribution >= 0.6 is 11.8 Å². The number of rotatable bonds is 7. The van der Waals surface area contributed by atoms with E-state index in [1.807, 2.05) is 0 Å². The third kappa shape index (κ3) is 4.70. The van der Waals surface area contributed by atoms with Crippen molar-refractivity contribution in [1.29, 1.82) is 0 Å². The molecule has 0 fully saturated rings. The normalized spacial score (nSPS) is 10.6. The van der Waals surface area contributed by atoms with Crippen molar-refractivity contribution >= 4 is 17.7 Å². The Bertz CT molecular complexity index is 881. The van der Waals surface area contributed by atoms with E-state index in [0.717, 1.165) is 0 Å². The summed E-state index contributed by atoms with van der Waals surface area (Å²) in [6.45, 7) is 0.530. The number of nitrogens with zero attached hydrogens (tertiary/aromatic N) is 7. The third-order valence-electron chi connectivity index (χ3n) is 3.03. The summed E-state index contributed by atoms with van der Waals surface area (Å²) in [4.78, 5) is 35.6. The van der Waals surface area contributed by atoms with Gasteiger partial charge in [0.1, 0.15) is 12.7 Å². The number of nitrogens with one attached hydrogen (secondary N) is 1. The molecule has 3 rings (SSSR count). The van der Waals surface area contributed by atoms with Crippen molar-refractivity contribution < 1.29 is 4.79 Å². The second kappa shape index (κ2) is 8.15. The number of carbonyl (C=O) groups excluding carboxylic acids is 1. The highest BCUT2D eigenvalue weighted by atomic mass is 32.2. The molecule has 128 valence electrons. The van der Waals surface area contributed by atoms with E-state index in [9.17, 15) is 9.59 Å². The Hall–Kier alpha value is -3.08. The van der Waals surface area contributed by atoms with E-state index in [2.05, 4.69) is 30.5 Å². The van der Waals surface area contributed by atoms with E-state index in [-0.39, 0.29) is 30.3 Å². The lowest BCUT2D eigenvalue weighted by molar-refractivity contribution is -0.118. The van der Waals surface area contributed by atoms with Crippen LogP contribution in [0.15, 0.2) is 53.2 Å². The number of amides is 1. The highest BCUT2D eigenvalue weighted by Crippen LogP contribution is 2.09. The van der Waals surface area contributed by atoms with Crippen molar-refractivity contribution in [2.75, 3.05) is 12.3 Å². The van der Waals surface area contributed by atoms with Crippen molar-refractivity contribution in [3.05, 3.63) is 53.6 Å². The van der Waals surface area contributed by atoms with Crippen LogP contribution in [0.2, 0.25) is 0 Å². The number of hydrogen-bond acceptors (Lipinski definition) is 8. The van der Waals surface area contributed by atoms with E-state index < -0.39 is 0 Å². The lowest BCUT2D eigenvalue weighted by Gasteiger charge is -2.08. The number of carbonyl (C=O) groups is 1. The number of thioether (sulfide) groups is 1. The van der Waals surface area contributed by atoms with Gasteiger partial charge in [-0.15, -0.1) is 5.10 Å². The van der Waals surface area contributed by atoms with Crippen molar-refractivity contribution in [1.82, 2.24) is 39.8 Å². The second-order valence-electron chi connectivity index (χ2n) is 4.76. The fourth-order valence-electron chi connectivity index (χ4n) is 1.89. The van der Waals surface area contributed by atoms with E-state index in [1.165, 1.54) is 39.8 Å². The lowest BCUT2D eigenvalue weighted by Crippen LogP contribution is -2.33. The average molecular weight is 358 g/mol. The Kier molecular flexibility index (Phi) is 5.46. The summed E-state index contributed by atoms with van der Waals surface area (Å²) in [6, 6.07) is 4.67. The van der Waals surface area contributed by atoms with Gasteiger partial charge >= 0.3 is 0 Å². The number of aromatic nitrogens is 7. The molecule has 0 radical (unpaired) electrons. The fourth-order valence-corrected chi connectivity index (χ4v) is 2.52. The first-order valence-electron chi connectivity index (χ1n) is 7.32. The summed E-state index contributed by atoms with van der Waals surface area (Å²) < 4.78 is 2.72. The van der Waals surface area contributed by atoms with Crippen LogP contribution in [0.3, 0.4) is 0 Å². The first kappa shape index (κ1) is 16.8. The van der Waals surface area contributed by atoms with Gasteiger partial charge in [-0.25, -0.2) is 24.3 Å². The maximum atomic E-state index is 11.8. The van der Waals surface area contributed by atoms with Gasteiger partial charge in [-0.2, -0.15) is 5.10 Å². The molecule has 1 amide bonds. The van der Waals surface area contributed by atoms with Gasteiger partial charge < -0.3 is 5.32 Å². The monoisotopic (exact) mass is 358 g/mol. The quantitative estimate of drug-likeness (QED) is 0.444. The van der Waals surface area contributed by atoms with Crippen LogP contribution in [-0.2, 0) is 11.3 Å². The summed E-state index contributed by atoms with van der Waals surface area (Å²) in [6.07, 6.45) is 6.11. The summed E-state index contributed by atoms with van der Waals surface area (Å²) in [5, 5.41) is 11.4. The van der Waals surface area contributed by atoms with Crippen LogP contribution < -0.4 is 10.9 Å². The molecule has 0 aromatic carbocycles. The van der Waals surface area contributed by atoms with Crippen LogP contribution in [0.5, 0.6) is 0 Å². The summed E-state index contributed by atoms with van der Waals surface area (Å²) >= 11 is 1.24. The molecule has 0 atom stereocenters.